The van der Waals surface area contributed by atoms with E-state index in [9.17, 15) is 9.90 Å². The van der Waals surface area contributed by atoms with Gasteiger partial charge in [-0.1, -0.05) is 20.8 Å². The Morgan fingerprint density at radius 2 is 2.04 bits per heavy atom. The van der Waals surface area contributed by atoms with Crippen LogP contribution in [0.5, 0.6) is 0 Å². The number of carbonyl (C=O) groups is 1. The van der Waals surface area contributed by atoms with Gasteiger partial charge in [0.05, 0.1) is 5.69 Å². The molecular weight excluding hydrogens is 328 g/mol. The van der Waals surface area contributed by atoms with E-state index in [1.165, 1.54) is 24.1 Å². The van der Waals surface area contributed by atoms with Crippen LogP contribution in [-0.2, 0) is 24.1 Å². The molecule has 0 spiro atoms. The molecule has 0 radical (unpaired) electrons. The van der Waals surface area contributed by atoms with Crippen LogP contribution in [0.4, 0.5) is 0 Å². The molecule has 3 rings (SSSR count). The molecule has 1 aromatic rings. The number of H-pyrrole nitrogens is 1. The minimum absolute atomic E-state index is 0.0420. The van der Waals surface area contributed by atoms with Gasteiger partial charge in [-0.15, -0.1) is 0 Å². The molecule has 2 aliphatic rings. The van der Waals surface area contributed by atoms with Crippen LogP contribution in [0.1, 0.15) is 63.4 Å². The lowest BCUT2D eigenvalue weighted by atomic mass is 9.88. The van der Waals surface area contributed by atoms with Crippen molar-refractivity contribution in [3.8, 4) is 0 Å². The second-order valence-corrected chi connectivity index (χ2v) is 9.18. The third-order valence-electron chi connectivity index (χ3n) is 5.47. The number of aryl methyl sites for hydroxylation is 1. The van der Waals surface area contributed by atoms with Gasteiger partial charge >= 0.3 is 0 Å². The Kier molecular flexibility index (Phi) is 5.72. The minimum atomic E-state index is -1.27. The number of aliphatic hydroxyl groups is 1. The van der Waals surface area contributed by atoms with Crippen LogP contribution in [0.25, 0.3) is 0 Å². The summed E-state index contributed by atoms with van der Waals surface area (Å²) in [6, 6.07) is 0. The minimum Gasteiger partial charge on any atom is -0.379 e. The maximum atomic E-state index is 12.8. The first kappa shape index (κ1) is 19.4. The average Bonchev–Trinajstić information content (AvgIpc) is 2.98. The molecule has 1 atom stereocenters. The molecule has 1 saturated heterocycles. The number of rotatable bonds is 6. The van der Waals surface area contributed by atoms with Gasteiger partial charge in [0.2, 0.25) is 0 Å². The van der Waals surface area contributed by atoms with Gasteiger partial charge in [0.15, 0.2) is 5.60 Å². The lowest BCUT2D eigenvalue weighted by molar-refractivity contribution is -0.158. The molecule has 146 valence electrons. The van der Waals surface area contributed by atoms with Crippen molar-refractivity contribution >= 4 is 5.91 Å². The smallest absolute Gasteiger partial charge is 0.255 e. The zero-order valence-electron chi connectivity index (χ0n) is 16.5. The van der Waals surface area contributed by atoms with Crippen LogP contribution in [0.15, 0.2) is 0 Å². The number of piperidine rings is 1. The van der Waals surface area contributed by atoms with Crippen molar-refractivity contribution in [1.29, 1.82) is 0 Å². The van der Waals surface area contributed by atoms with Crippen LogP contribution in [0.3, 0.4) is 0 Å². The van der Waals surface area contributed by atoms with Gasteiger partial charge in [-0.3, -0.25) is 9.89 Å². The number of likely N-dealkylation sites (tertiary alicyclic amines) is 1. The van der Waals surface area contributed by atoms with Crippen LogP contribution in [0, 0.1) is 5.41 Å². The summed E-state index contributed by atoms with van der Waals surface area (Å²) < 4.78 is 0. The molecular formula is C20H34N4O2. The van der Waals surface area contributed by atoms with E-state index in [0.29, 0.717) is 19.5 Å². The van der Waals surface area contributed by atoms with Crippen LogP contribution in [-0.4, -0.2) is 57.9 Å². The van der Waals surface area contributed by atoms with E-state index in [2.05, 4.69) is 36.3 Å². The SMILES string of the molecule is CC(C)(C)CN1CCCC(O)(CNCCc2n[nH]c3c2CCCC3)C1=O. The molecule has 26 heavy (non-hydrogen) atoms. The van der Waals surface area contributed by atoms with Gasteiger partial charge in [0.1, 0.15) is 0 Å². The summed E-state index contributed by atoms with van der Waals surface area (Å²) in [5.41, 5.74) is 2.60. The largest absolute Gasteiger partial charge is 0.379 e. The first-order valence-corrected chi connectivity index (χ1v) is 10.1. The van der Waals surface area contributed by atoms with Gasteiger partial charge in [-0.05, 0) is 49.5 Å². The summed E-state index contributed by atoms with van der Waals surface area (Å²) in [5.74, 6) is -0.122. The van der Waals surface area contributed by atoms with Crippen molar-refractivity contribution in [3.63, 3.8) is 0 Å². The molecule has 1 amide bonds. The summed E-state index contributed by atoms with van der Waals surface area (Å²) in [6.07, 6.45) is 6.93. The Bertz CT molecular complexity index is 634. The van der Waals surface area contributed by atoms with Gasteiger partial charge in [-0.2, -0.15) is 5.10 Å². The quantitative estimate of drug-likeness (QED) is 0.674. The van der Waals surface area contributed by atoms with Gasteiger partial charge in [0.25, 0.3) is 5.91 Å². The molecule has 3 N–H and O–H groups in total. The Balaban J connectivity index is 1.50. The molecule has 2 heterocycles. The number of nitrogens with zero attached hydrogens (tertiary/aromatic N) is 2. The lowest BCUT2D eigenvalue weighted by Gasteiger charge is -2.41. The third kappa shape index (κ3) is 4.46. The molecule has 1 aliphatic carbocycles. The van der Waals surface area contributed by atoms with Crippen LogP contribution < -0.4 is 5.32 Å². The molecule has 6 heteroatoms. The molecule has 1 fully saturated rings. The lowest BCUT2D eigenvalue weighted by Crippen LogP contribution is -2.59. The number of hydrogen-bond donors (Lipinski definition) is 3. The third-order valence-corrected chi connectivity index (χ3v) is 5.47. The number of fused-ring (bicyclic) bond motifs is 1. The second kappa shape index (κ2) is 7.69. The fraction of sp³-hybridized carbons (Fsp3) is 0.800. The first-order chi connectivity index (χ1) is 12.3. The van der Waals surface area contributed by atoms with E-state index in [1.807, 2.05) is 4.90 Å². The topological polar surface area (TPSA) is 81.2 Å². The highest BCUT2D eigenvalue weighted by Gasteiger charge is 2.42. The summed E-state index contributed by atoms with van der Waals surface area (Å²) in [6.45, 7) is 8.85. The maximum Gasteiger partial charge on any atom is 0.255 e. The number of hydrogen-bond acceptors (Lipinski definition) is 4. The first-order valence-electron chi connectivity index (χ1n) is 10.1. The highest BCUT2D eigenvalue weighted by molar-refractivity contribution is 5.86. The van der Waals surface area contributed by atoms with E-state index < -0.39 is 5.60 Å². The Hall–Kier alpha value is -1.40. The highest BCUT2D eigenvalue weighted by Crippen LogP contribution is 2.26. The molecule has 0 aromatic carbocycles. The van der Waals surface area contributed by atoms with Gasteiger partial charge in [-0.25, -0.2) is 0 Å². The van der Waals surface area contributed by atoms with Crippen molar-refractivity contribution in [2.75, 3.05) is 26.2 Å². The predicted molar refractivity (Wildman–Crippen MR) is 102 cm³/mol. The van der Waals surface area contributed by atoms with Crippen molar-refractivity contribution in [1.82, 2.24) is 20.4 Å². The summed E-state index contributed by atoms with van der Waals surface area (Å²) in [4.78, 5) is 14.6. The molecule has 1 aromatic heterocycles. The van der Waals surface area contributed by atoms with E-state index >= 15 is 0 Å². The number of carbonyl (C=O) groups excluding carboxylic acids is 1. The average molecular weight is 363 g/mol. The summed E-state index contributed by atoms with van der Waals surface area (Å²) in [7, 11) is 0. The van der Waals surface area contributed by atoms with Crippen molar-refractivity contribution in [2.45, 2.75) is 71.3 Å². The maximum absolute atomic E-state index is 12.8. The van der Waals surface area contributed by atoms with Crippen molar-refractivity contribution in [2.24, 2.45) is 5.41 Å². The summed E-state index contributed by atoms with van der Waals surface area (Å²) >= 11 is 0. The van der Waals surface area contributed by atoms with E-state index in [1.54, 1.807) is 0 Å². The molecule has 0 saturated carbocycles. The Morgan fingerprint density at radius 3 is 2.81 bits per heavy atom. The standard InChI is InChI=1S/C20H34N4O2/c1-19(2,3)14-24-12-6-10-20(26,18(24)25)13-21-11-9-17-15-7-4-5-8-16(15)22-23-17/h21,26H,4-14H2,1-3H3,(H,22,23). The normalized spacial score (nSPS) is 24.0. The number of aromatic amines is 1. The van der Waals surface area contributed by atoms with E-state index in [0.717, 1.165) is 44.5 Å². The van der Waals surface area contributed by atoms with Gasteiger partial charge in [0, 0.05) is 38.3 Å². The second-order valence-electron chi connectivity index (χ2n) is 9.18. The van der Waals surface area contributed by atoms with E-state index in [-0.39, 0.29) is 11.3 Å². The van der Waals surface area contributed by atoms with Crippen molar-refractivity contribution in [3.05, 3.63) is 17.0 Å². The fourth-order valence-corrected chi connectivity index (χ4v) is 4.21. The van der Waals surface area contributed by atoms with Gasteiger partial charge < -0.3 is 15.3 Å². The molecule has 1 aliphatic heterocycles. The monoisotopic (exact) mass is 362 g/mol. The highest BCUT2D eigenvalue weighted by atomic mass is 16.3. The Morgan fingerprint density at radius 1 is 1.27 bits per heavy atom. The van der Waals surface area contributed by atoms with Crippen molar-refractivity contribution < 1.29 is 9.90 Å². The number of nitrogens with one attached hydrogen (secondary N) is 2. The van der Waals surface area contributed by atoms with Crippen LogP contribution in [0.2, 0.25) is 0 Å². The van der Waals surface area contributed by atoms with Crippen LogP contribution >= 0.6 is 0 Å². The zero-order valence-corrected chi connectivity index (χ0v) is 16.5. The molecule has 6 nitrogen and oxygen atoms in total. The fourth-order valence-electron chi connectivity index (χ4n) is 4.21. The predicted octanol–water partition coefficient (Wildman–Crippen LogP) is 1.82. The molecule has 1 unspecified atom stereocenters. The Labute approximate surface area is 156 Å². The number of amides is 1. The molecule has 0 bridgehead atoms. The summed E-state index contributed by atoms with van der Waals surface area (Å²) in [5, 5.41) is 21.8. The number of aromatic nitrogens is 2. The van der Waals surface area contributed by atoms with E-state index in [4.69, 9.17) is 0 Å². The zero-order chi connectivity index (χ0) is 18.8.